The van der Waals surface area contributed by atoms with Crippen LogP contribution in [0.3, 0.4) is 0 Å². The van der Waals surface area contributed by atoms with E-state index in [-0.39, 0.29) is 18.1 Å². The molecule has 4 aromatic rings. The predicted molar refractivity (Wildman–Crippen MR) is 114 cm³/mol. The van der Waals surface area contributed by atoms with Crippen molar-refractivity contribution >= 4 is 33.4 Å². The zero-order valence-corrected chi connectivity index (χ0v) is 17.5. The molecule has 3 aromatic heterocycles. The van der Waals surface area contributed by atoms with Crippen molar-refractivity contribution in [2.45, 2.75) is 39.2 Å². The van der Waals surface area contributed by atoms with Crippen molar-refractivity contribution in [3.63, 3.8) is 0 Å². The molecule has 0 spiro atoms. The largest absolute Gasteiger partial charge is 0.295 e. The molecule has 154 valence electrons. The van der Waals surface area contributed by atoms with Gasteiger partial charge >= 0.3 is 0 Å². The molecule has 0 aliphatic heterocycles. The number of halogens is 1. The smallest absolute Gasteiger partial charge is 0.278 e. The Morgan fingerprint density at radius 3 is 2.73 bits per heavy atom. The first-order valence-electron chi connectivity index (χ1n) is 9.80. The third kappa shape index (κ3) is 3.93. The molecule has 3 heterocycles. The first-order chi connectivity index (χ1) is 14.6. The summed E-state index contributed by atoms with van der Waals surface area (Å²) in [6, 6.07) is 10.00. The van der Waals surface area contributed by atoms with Crippen molar-refractivity contribution in [3.05, 3.63) is 64.7 Å². The lowest BCUT2D eigenvalue weighted by Gasteiger charge is -2.05. The summed E-state index contributed by atoms with van der Waals surface area (Å²) in [6.07, 6.45) is 3.56. The highest BCUT2D eigenvalue weighted by molar-refractivity contribution is 7.15. The number of aromatic nitrogens is 5. The summed E-state index contributed by atoms with van der Waals surface area (Å²) in [5.74, 6) is -0.392. The molecule has 0 saturated carbocycles. The van der Waals surface area contributed by atoms with Gasteiger partial charge in [0.1, 0.15) is 10.8 Å². The van der Waals surface area contributed by atoms with E-state index in [4.69, 9.17) is 0 Å². The van der Waals surface area contributed by atoms with Gasteiger partial charge in [-0.1, -0.05) is 43.4 Å². The van der Waals surface area contributed by atoms with E-state index < -0.39 is 5.91 Å². The van der Waals surface area contributed by atoms with E-state index in [9.17, 15) is 9.18 Å². The molecule has 0 aliphatic rings. The number of carbonyl (C=O) groups is 1. The fourth-order valence-corrected chi connectivity index (χ4v) is 4.32. The molecule has 1 N–H and O–H groups in total. The Labute approximate surface area is 177 Å². The van der Waals surface area contributed by atoms with Crippen molar-refractivity contribution in [2.24, 2.45) is 0 Å². The average Bonchev–Trinajstić information content (AvgIpc) is 3.36. The van der Waals surface area contributed by atoms with Crippen molar-refractivity contribution in [1.29, 1.82) is 0 Å². The number of amides is 1. The number of benzene rings is 1. The second-order valence-electron chi connectivity index (χ2n) is 6.89. The maximum Gasteiger partial charge on any atom is 0.278 e. The summed E-state index contributed by atoms with van der Waals surface area (Å²) < 4.78 is 15.6. The molecule has 4 rings (SSSR count). The number of anilines is 1. The van der Waals surface area contributed by atoms with E-state index >= 15 is 0 Å². The fraction of sp³-hybridized carbons (Fsp3) is 0.286. The Bertz CT molecular complexity index is 1180. The predicted octanol–water partition coefficient (Wildman–Crippen LogP) is 4.63. The van der Waals surface area contributed by atoms with Crippen LogP contribution in [-0.2, 0) is 6.54 Å². The molecule has 30 heavy (non-hydrogen) atoms. The van der Waals surface area contributed by atoms with Gasteiger partial charge in [0.25, 0.3) is 5.91 Å². The van der Waals surface area contributed by atoms with E-state index in [1.807, 2.05) is 0 Å². The number of carbonyl (C=O) groups excluding carboxylic acids is 1. The van der Waals surface area contributed by atoms with E-state index in [1.165, 1.54) is 17.4 Å². The van der Waals surface area contributed by atoms with Gasteiger partial charge < -0.3 is 0 Å². The van der Waals surface area contributed by atoms with Gasteiger partial charge in [-0.25, -0.2) is 14.1 Å². The summed E-state index contributed by atoms with van der Waals surface area (Å²) in [6.45, 7) is 4.38. The first kappa shape index (κ1) is 20.1. The fourth-order valence-electron chi connectivity index (χ4n) is 3.32. The van der Waals surface area contributed by atoms with Gasteiger partial charge in [-0.15, -0.1) is 10.2 Å². The number of pyridine rings is 1. The minimum atomic E-state index is -0.396. The highest BCUT2D eigenvalue weighted by Gasteiger charge is 2.21. The molecule has 0 atom stereocenters. The van der Waals surface area contributed by atoms with Crippen LogP contribution in [0.2, 0.25) is 0 Å². The molecule has 0 radical (unpaired) electrons. The van der Waals surface area contributed by atoms with Gasteiger partial charge in [0.2, 0.25) is 5.13 Å². The lowest BCUT2D eigenvalue weighted by molar-refractivity contribution is 0.102. The lowest BCUT2D eigenvalue weighted by Crippen LogP contribution is -2.14. The molecular formula is C21H21FN6OS. The van der Waals surface area contributed by atoms with E-state index in [0.717, 1.165) is 17.8 Å². The van der Waals surface area contributed by atoms with Gasteiger partial charge in [0.05, 0.1) is 11.9 Å². The lowest BCUT2D eigenvalue weighted by atomic mass is 10.1. The van der Waals surface area contributed by atoms with Crippen LogP contribution in [0.15, 0.2) is 42.6 Å². The van der Waals surface area contributed by atoms with Crippen LogP contribution in [0.5, 0.6) is 0 Å². The van der Waals surface area contributed by atoms with Gasteiger partial charge in [0, 0.05) is 17.7 Å². The van der Waals surface area contributed by atoms with E-state index in [0.29, 0.717) is 27.6 Å². The van der Waals surface area contributed by atoms with Crippen LogP contribution in [-0.4, -0.2) is 30.9 Å². The van der Waals surface area contributed by atoms with Crippen LogP contribution in [0, 0.1) is 5.82 Å². The van der Waals surface area contributed by atoms with E-state index in [1.54, 1.807) is 41.2 Å². The molecule has 0 saturated heterocycles. The summed E-state index contributed by atoms with van der Waals surface area (Å²) in [4.78, 5) is 17.3. The Hall–Kier alpha value is -3.20. The third-order valence-electron chi connectivity index (χ3n) is 5.00. The van der Waals surface area contributed by atoms with Crippen LogP contribution in [0.4, 0.5) is 9.52 Å². The van der Waals surface area contributed by atoms with Crippen LogP contribution < -0.4 is 5.32 Å². The monoisotopic (exact) mass is 424 g/mol. The van der Waals surface area contributed by atoms with Crippen molar-refractivity contribution in [3.8, 4) is 0 Å². The molecule has 0 fully saturated rings. The second-order valence-corrected chi connectivity index (χ2v) is 7.89. The summed E-state index contributed by atoms with van der Waals surface area (Å²) in [5.41, 5.74) is 1.20. The Morgan fingerprint density at radius 2 is 1.97 bits per heavy atom. The normalized spacial score (nSPS) is 11.3. The maximum absolute atomic E-state index is 14.1. The summed E-state index contributed by atoms with van der Waals surface area (Å²) in [7, 11) is 0. The molecule has 7 nitrogen and oxygen atoms in total. The van der Waals surface area contributed by atoms with E-state index in [2.05, 4.69) is 39.4 Å². The maximum atomic E-state index is 14.1. The van der Waals surface area contributed by atoms with Crippen molar-refractivity contribution < 1.29 is 9.18 Å². The summed E-state index contributed by atoms with van der Waals surface area (Å²) >= 11 is 1.38. The highest BCUT2D eigenvalue weighted by Crippen LogP contribution is 2.28. The van der Waals surface area contributed by atoms with Gasteiger partial charge in [-0.3, -0.25) is 10.1 Å². The average molecular weight is 425 g/mol. The highest BCUT2D eigenvalue weighted by atomic mass is 32.1. The molecule has 0 aliphatic carbocycles. The van der Waals surface area contributed by atoms with Gasteiger partial charge in [-0.2, -0.15) is 5.10 Å². The Balaban J connectivity index is 1.63. The van der Waals surface area contributed by atoms with Crippen LogP contribution in [0.25, 0.3) is 11.0 Å². The number of hydrogen-bond donors (Lipinski definition) is 1. The third-order valence-corrected chi connectivity index (χ3v) is 6.00. The van der Waals surface area contributed by atoms with Crippen LogP contribution in [0.1, 0.15) is 53.7 Å². The summed E-state index contributed by atoms with van der Waals surface area (Å²) in [5, 5.41) is 17.5. The molecule has 1 amide bonds. The zero-order chi connectivity index (χ0) is 21.1. The van der Waals surface area contributed by atoms with Crippen molar-refractivity contribution in [1.82, 2.24) is 25.0 Å². The molecule has 1 aromatic carbocycles. The van der Waals surface area contributed by atoms with Crippen LogP contribution >= 0.6 is 11.3 Å². The SMILES string of the molecule is CCC(CC)c1nnc(NC(=O)c2nn(Cc3ccccc3F)c3ncccc23)s1. The molecular weight excluding hydrogens is 403 g/mol. The number of nitrogens with zero attached hydrogens (tertiary/aromatic N) is 5. The number of rotatable bonds is 7. The Kier molecular flexibility index (Phi) is 5.80. The minimum absolute atomic E-state index is 0.172. The quantitative estimate of drug-likeness (QED) is 0.468. The molecule has 0 bridgehead atoms. The topological polar surface area (TPSA) is 85.6 Å². The minimum Gasteiger partial charge on any atom is -0.295 e. The van der Waals surface area contributed by atoms with Crippen molar-refractivity contribution in [2.75, 3.05) is 5.32 Å². The molecule has 0 unspecified atom stereocenters. The van der Waals surface area contributed by atoms with Gasteiger partial charge in [-0.05, 0) is 31.0 Å². The zero-order valence-electron chi connectivity index (χ0n) is 16.7. The number of fused-ring (bicyclic) bond motifs is 1. The molecule has 9 heteroatoms. The number of nitrogens with one attached hydrogen (secondary N) is 1. The Morgan fingerprint density at radius 1 is 1.17 bits per heavy atom. The second kappa shape index (κ2) is 8.66. The first-order valence-corrected chi connectivity index (χ1v) is 10.6. The standard InChI is InChI=1S/C21H21FN6OS/c1-3-13(4-2)20-25-26-21(30-20)24-19(29)17-15-9-7-11-23-18(15)28(27-17)12-14-8-5-6-10-16(14)22/h5-11,13H,3-4,12H2,1-2H3,(H,24,26,29). The number of hydrogen-bond acceptors (Lipinski definition) is 6. The van der Waals surface area contributed by atoms with Gasteiger partial charge in [0.15, 0.2) is 11.3 Å².